The SMILES string of the molecule is CCc1c(C(=O)NC2CCCCC2)nc(-c2cc(Cl)ccc2Cl)n1-c1ccccc1. The van der Waals surface area contributed by atoms with Crippen LogP contribution in [-0.2, 0) is 6.42 Å². The molecule has 1 heterocycles. The Hall–Kier alpha value is -2.30. The standard InChI is InChI=1S/C24H25Cl2N3O/c1-2-21-22(24(30)27-17-9-5-3-6-10-17)28-23(19-15-16(25)13-14-20(19)26)29(21)18-11-7-4-8-12-18/h4,7-8,11-15,17H,2-3,5-6,9-10H2,1H3,(H,27,30). The van der Waals surface area contributed by atoms with E-state index < -0.39 is 0 Å². The van der Waals surface area contributed by atoms with E-state index >= 15 is 0 Å². The van der Waals surface area contributed by atoms with Crippen LogP contribution in [0.2, 0.25) is 10.0 Å². The van der Waals surface area contributed by atoms with Crippen molar-refractivity contribution >= 4 is 29.1 Å². The van der Waals surface area contributed by atoms with Crippen molar-refractivity contribution in [2.24, 2.45) is 0 Å². The predicted molar refractivity (Wildman–Crippen MR) is 123 cm³/mol. The molecule has 0 spiro atoms. The largest absolute Gasteiger partial charge is 0.348 e. The molecule has 30 heavy (non-hydrogen) atoms. The van der Waals surface area contributed by atoms with Crippen LogP contribution in [0, 0.1) is 0 Å². The second-order valence-electron chi connectivity index (χ2n) is 7.69. The maximum atomic E-state index is 13.2. The monoisotopic (exact) mass is 441 g/mol. The molecule has 2 aromatic carbocycles. The van der Waals surface area contributed by atoms with Crippen LogP contribution >= 0.6 is 23.2 Å². The van der Waals surface area contributed by atoms with E-state index in [1.54, 1.807) is 18.2 Å². The van der Waals surface area contributed by atoms with Gasteiger partial charge in [-0.15, -0.1) is 0 Å². The van der Waals surface area contributed by atoms with Crippen LogP contribution in [0.4, 0.5) is 0 Å². The molecule has 1 amide bonds. The Labute approximate surface area is 187 Å². The van der Waals surface area contributed by atoms with Gasteiger partial charge in [-0.2, -0.15) is 0 Å². The van der Waals surface area contributed by atoms with Gasteiger partial charge < -0.3 is 5.32 Å². The van der Waals surface area contributed by atoms with Gasteiger partial charge >= 0.3 is 0 Å². The number of imidazole rings is 1. The minimum absolute atomic E-state index is 0.118. The molecule has 0 saturated heterocycles. The fourth-order valence-electron chi connectivity index (χ4n) is 4.17. The molecule has 6 heteroatoms. The number of hydrogen-bond donors (Lipinski definition) is 1. The Kier molecular flexibility index (Phi) is 6.45. The topological polar surface area (TPSA) is 46.9 Å². The van der Waals surface area contributed by atoms with E-state index in [1.165, 1.54) is 6.42 Å². The van der Waals surface area contributed by atoms with Crippen molar-refractivity contribution in [3.63, 3.8) is 0 Å². The number of hydrogen-bond acceptors (Lipinski definition) is 2. The summed E-state index contributed by atoms with van der Waals surface area (Å²) in [6.45, 7) is 2.04. The highest BCUT2D eigenvalue weighted by molar-refractivity contribution is 6.35. The number of halogens is 2. The Morgan fingerprint density at radius 3 is 2.53 bits per heavy atom. The van der Waals surface area contributed by atoms with Gasteiger partial charge in [0.15, 0.2) is 0 Å². The van der Waals surface area contributed by atoms with Gasteiger partial charge in [-0.25, -0.2) is 4.98 Å². The van der Waals surface area contributed by atoms with Crippen molar-refractivity contribution in [2.45, 2.75) is 51.5 Å². The maximum absolute atomic E-state index is 13.2. The molecule has 1 saturated carbocycles. The van der Waals surface area contributed by atoms with Crippen LogP contribution in [0.3, 0.4) is 0 Å². The number of nitrogens with zero attached hydrogens (tertiary/aromatic N) is 2. The van der Waals surface area contributed by atoms with Crippen molar-refractivity contribution in [1.29, 1.82) is 0 Å². The van der Waals surface area contributed by atoms with E-state index in [9.17, 15) is 4.79 Å². The Morgan fingerprint density at radius 1 is 1.10 bits per heavy atom. The van der Waals surface area contributed by atoms with E-state index in [1.807, 2.05) is 41.8 Å². The third-order valence-corrected chi connectivity index (χ3v) is 6.21. The molecule has 1 fully saturated rings. The average molecular weight is 442 g/mol. The first kappa shape index (κ1) is 21.0. The molecular weight excluding hydrogens is 417 g/mol. The van der Waals surface area contributed by atoms with E-state index in [-0.39, 0.29) is 11.9 Å². The van der Waals surface area contributed by atoms with Crippen LogP contribution in [0.15, 0.2) is 48.5 Å². The molecule has 1 N–H and O–H groups in total. The van der Waals surface area contributed by atoms with Crippen LogP contribution < -0.4 is 5.32 Å². The number of carbonyl (C=O) groups is 1. The average Bonchev–Trinajstić information content (AvgIpc) is 3.16. The van der Waals surface area contributed by atoms with E-state index in [0.717, 1.165) is 37.1 Å². The molecule has 0 radical (unpaired) electrons. The highest BCUT2D eigenvalue weighted by Gasteiger charge is 2.26. The van der Waals surface area contributed by atoms with Gasteiger partial charge in [0.1, 0.15) is 11.5 Å². The molecule has 4 rings (SSSR count). The highest BCUT2D eigenvalue weighted by Crippen LogP contribution is 2.34. The van der Waals surface area contributed by atoms with E-state index in [4.69, 9.17) is 28.2 Å². The Bertz CT molecular complexity index is 1040. The van der Waals surface area contributed by atoms with Crippen molar-refractivity contribution in [3.8, 4) is 17.1 Å². The fourth-order valence-corrected chi connectivity index (χ4v) is 4.54. The zero-order valence-electron chi connectivity index (χ0n) is 17.0. The van der Waals surface area contributed by atoms with Crippen molar-refractivity contribution in [1.82, 2.24) is 14.9 Å². The molecule has 3 aromatic rings. The van der Waals surface area contributed by atoms with Gasteiger partial charge in [-0.3, -0.25) is 9.36 Å². The molecule has 1 aliphatic rings. The van der Waals surface area contributed by atoms with Crippen molar-refractivity contribution < 1.29 is 4.79 Å². The quantitative estimate of drug-likeness (QED) is 0.492. The van der Waals surface area contributed by atoms with Gasteiger partial charge in [0.25, 0.3) is 5.91 Å². The number of benzene rings is 2. The molecule has 4 nitrogen and oxygen atoms in total. The van der Waals surface area contributed by atoms with Gasteiger partial charge in [0, 0.05) is 22.3 Å². The third kappa shape index (κ3) is 4.26. The van der Waals surface area contributed by atoms with E-state index in [2.05, 4.69) is 5.32 Å². The van der Waals surface area contributed by atoms with Gasteiger partial charge in [0.05, 0.1) is 10.7 Å². The van der Waals surface area contributed by atoms with Gasteiger partial charge in [-0.05, 0) is 49.6 Å². The highest BCUT2D eigenvalue weighted by atomic mass is 35.5. The summed E-state index contributed by atoms with van der Waals surface area (Å²) in [6.07, 6.45) is 6.28. The van der Waals surface area contributed by atoms with Gasteiger partial charge in [-0.1, -0.05) is 67.6 Å². The third-order valence-electron chi connectivity index (χ3n) is 5.65. The van der Waals surface area contributed by atoms with E-state index in [0.29, 0.717) is 33.5 Å². The number of para-hydroxylation sites is 1. The smallest absolute Gasteiger partial charge is 0.272 e. The number of nitrogens with one attached hydrogen (secondary N) is 1. The second-order valence-corrected chi connectivity index (χ2v) is 8.53. The van der Waals surface area contributed by atoms with Crippen LogP contribution in [0.1, 0.15) is 55.2 Å². The summed E-state index contributed by atoms with van der Waals surface area (Å²) in [6, 6.07) is 15.5. The zero-order chi connectivity index (χ0) is 21.1. The first-order chi connectivity index (χ1) is 14.6. The lowest BCUT2D eigenvalue weighted by molar-refractivity contribution is 0.0922. The lowest BCUT2D eigenvalue weighted by atomic mass is 9.95. The first-order valence-electron chi connectivity index (χ1n) is 10.5. The molecule has 0 bridgehead atoms. The molecule has 1 aromatic heterocycles. The fraction of sp³-hybridized carbons (Fsp3) is 0.333. The van der Waals surface area contributed by atoms with Crippen LogP contribution in [0.25, 0.3) is 17.1 Å². The molecular formula is C24H25Cl2N3O. The lowest BCUT2D eigenvalue weighted by Gasteiger charge is -2.22. The lowest BCUT2D eigenvalue weighted by Crippen LogP contribution is -2.36. The summed E-state index contributed by atoms with van der Waals surface area (Å²) in [7, 11) is 0. The Morgan fingerprint density at radius 2 is 1.83 bits per heavy atom. The minimum Gasteiger partial charge on any atom is -0.348 e. The summed E-state index contributed by atoms with van der Waals surface area (Å²) >= 11 is 12.8. The maximum Gasteiger partial charge on any atom is 0.272 e. The summed E-state index contributed by atoms with van der Waals surface area (Å²) in [5.41, 5.74) is 2.96. The molecule has 1 aliphatic carbocycles. The number of rotatable bonds is 5. The van der Waals surface area contributed by atoms with Crippen molar-refractivity contribution in [3.05, 3.63) is 70.0 Å². The first-order valence-corrected chi connectivity index (χ1v) is 11.3. The van der Waals surface area contributed by atoms with Crippen LogP contribution in [-0.4, -0.2) is 21.5 Å². The molecule has 0 atom stereocenters. The number of aromatic nitrogens is 2. The number of carbonyl (C=O) groups excluding carboxylic acids is 1. The summed E-state index contributed by atoms with van der Waals surface area (Å²) < 4.78 is 2.02. The summed E-state index contributed by atoms with van der Waals surface area (Å²) in [5, 5.41) is 4.32. The van der Waals surface area contributed by atoms with Crippen molar-refractivity contribution in [2.75, 3.05) is 0 Å². The Balaban J connectivity index is 1.84. The molecule has 0 unspecified atom stereocenters. The predicted octanol–water partition coefficient (Wildman–Crippen LogP) is 6.47. The minimum atomic E-state index is -0.118. The normalized spacial score (nSPS) is 14.6. The molecule has 156 valence electrons. The summed E-state index contributed by atoms with van der Waals surface area (Å²) in [5.74, 6) is 0.507. The van der Waals surface area contributed by atoms with Gasteiger partial charge in [0.2, 0.25) is 0 Å². The summed E-state index contributed by atoms with van der Waals surface area (Å²) in [4.78, 5) is 18.0. The number of amides is 1. The molecule has 0 aliphatic heterocycles. The second kappa shape index (κ2) is 9.23. The van der Waals surface area contributed by atoms with Crippen LogP contribution in [0.5, 0.6) is 0 Å². The zero-order valence-corrected chi connectivity index (χ0v) is 18.5.